The van der Waals surface area contributed by atoms with E-state index >= 15 is 0 Å². The second-order valence-corrected chi connectivity index (χ2v) is 3.91. The maximum absolute atomic E-state index is 11.3. The molecule has 1 amide bonds. The van der Waals surface area contributed by atoms with Crippen molar-refractivity contribution < 1.29 is 14.3 Å². The van der Waals surface area contributed by atoms with E-state index in [0.29, 0.717) is 0 Å². The van der Waals surface area contributed by atoms with E-state index in [1.165, 1.54) is 0 Å². The molecule has 0 spiro atoms. The number of amides is 1. The molecular formula is C7H8ClN3O3S. The van der Waals surface area contributed by atoms with E-state index in [0.717, 1.165) is 11.3 Å². The Morgan fingerprint density at radius 2 is 2.27 bits per heavy atom. The molecule has 1 N–H and O–H groups in total. The van der Waals surface area contributed by atoms with Gasteiger partial charge in [0.15, 0.2) is 0 Å². The maximum Gasteiger partial charge on any atom is 0.325 e. The van der Waals surface area contributed by atoms with Crippen molar-refractivity contribution in [2.45, 2.75) is 6.92 Å². The first-order chi connectivity index (χ1) is 7.13. The van der Waals surface area contributed by atoms with E-state index in [1.54, 1.807) is 6.92 Å². The van der Waals surface area contributed by atoms with Crippen LogP contribution in [-0.4, -0.2) is 35.2 Å². The molecule has 15 heavy (non-hydrogen) atoms. The highest BCUT2D eigenvalue weighted by Crippen LogP contribution is 2.14. The van der Waals surface area contributed by atoms with E-state index in [-0.39, 0.29) is 22.6 Å². The fourth-order valence-electron chi connectivity index (χ4n) is 0.737. The molecule has 8 heteroatoms. The Balaban J connectivity index is 2.40. The topological polar surface area (TPSA) is 81.2 Å². The maximum atomic E-state index is 11.3. The lowest BCUT2D eigenvalue weighted by Gasteiger charge is -2.01. The van der Waals surface area contributed by atoms with Gasteiger partial charge in [-0.25, -0.2) is 0 Å². The minimum atomic E-state index is -0.499. The molecule has 1 aromatic heterocycles. The third-order valence-electron chi connectivity index (χ3n) is 1.29. The molecule has 0 radical (unpaired) electrons. The largest absolute Gasteiger partial charge is 0.465 e. The number of carbonyl (C=O) groups excluding carboxylic acids is 2. The highest BCUT2D eigenvalue weighted by Gasteiger charge is 2.13. The summed E-state index contributed by atoms with van der Waals surface area (Å²) < 4.78 is 4.80. The normalized spacial score (nSPS) is 9.73. The SMILES string of the molecule is CCOC(=O)CNC(=O)c1nnc(Cl)s1. The lowest BCUT2D eigenvalue weighted by atomic mass is 10.5. The number of nitrogens with one attached hydrogen (secondary N) is 1. The van der Waals surface area contributed by atoms with Gasteiger partial charge in [0, 0.05) is 0 Å². The van der Waals surface area contributed by atoms with Crippen molar-refractivity contribution in [2.75, 3.05) is 13.2 Å². The number of hydrogen-bond donors (Lipinski definition) is 1. The van der Waals surface area contributed by atoms with Crippen LogP contribution >= 0.6 is 22.9 Å². The summed E-state index contributed by atoms with van der Waals surface area (Å²) in [7, 11) is 0. The minimum Gasteiger partial charge on any atom is -0.465 e. The van der Waals surface area contributed by atoms with Crippen molar-refractivity contribution in [1.82, 2.24) is 15.5 Å². The molecule has 1 rings (SSSR count). The summed E-state index contributed by atoms with van der Waals surface area (Å²) in [6, 6.07) is 0. The van der Waals surface area contributed by atoms with Crippen molar-refractivity contribution in [3.8, 4) is 0 Å². The predicted molar refractivity (Wildman–Crippen MR) is 53.9 cm³/mol. The van der Waals surface area contributed by atoms with Gasteiger partial charge in [-0.05, 0) is 18.5 Å². The lowest BCUT2D eigenvalue weighted by Crippen LogP contribution is -2.30. The summed E-state index contributed by atoms with van der Waals surface area (Å²) in [6.07, 6.45) is 0. The molecule has 0 aliphatic rings. The Morgan fingerprint density at radius 1 is 1.53 bits per heavy atom. The molecule has 0 aliphatic carbocycles. The van der Waals surface area contributed by atoms with Crippen LogP contribution in [0.5, 0.6) is 0 Å². The fourth-order valence-corrected chi connectivity index (χ4v) is 1.48. The minimum absolute atomic E-state index is 0.115. The highest BCUT2D eigenvalue weighted by molar-refractivity contribution is 7.17. The molecule has 82 valence electrons. The van der Waals surface area contributed by atoms with Gasteiger partial charge in [-0.15, -0.1) is 10.2 Å². The van der Waals surface area contributed by atoms with E-state index in [4.69, 9.17) is 11.6 Å². The standard InChI is InChI=1S/C7H8ClN3O3S/c1-2-14-4(12)3-9-5(13)6-10-11-7(8)15-6/h2-3H2,1H3,(H,9,13). The number of aromatic nitrogens is 2. The molecule has 6 nitrogen and oxygen atoms in total. The van der Waals surface area contributed by atoms with E-state index in [9.17, 15) is 9.59 Å². The number of halogens is 1. The summed E-state index contributed by atoms with van der Waals surface area (Å²) in [5, 5.41) is 9.42. The zero-order valence-corrected chi connectivity index (χ0v) is 9.39. The monoisotopic (exact) mass is 249 g/mol. The molecule has 0 unspecified atom stereocenters. The van der Waals surface area contributed by atoms with Crippen molar-refractivity contribution in [1.29, 1.82) is 0 Å². The van der Waals surface area contributed by atoms with Crippen LogP contribution < -0.4 is 5.32 Å². The van der Waals surface area contributed by atoms with Gasteiger partial charge in [0.1, 0.15) is 6.54 Å². The van der Waals surface area contributed by atoms with Gasteiger partial charge < -0.3 is 10.1 Å². The van der Waals surface area contributed by atoms with E-state index < -0.39 is 11.9 Å². The van der Waals surface area contributed by atoms with E-state index in [1.807, 2.05) is 0 Å². The molecule has 0 saturated heterocycles. The number of carbonyl (C=O) groups is 2. The molecular weight excluding hydrogens is 242 g/mol. The Morgan fingerprint density at radius 3 is 2.80 bits per heavy atom. The van der Waals surface area contributed by atoms with Crippen LogP contribution in [0.15, 0.2) is 0 Å². The first-order valence-corrected chi connectivity index (χ1v) is 5.25. The lowest BCUT2D eigenvalue weighted by molar-refractivity contribution is -0.141. The predicted octanol–water partition coefficient (Wildman–Crippen LogP) is 0.484. The smallest absolute Gasteiger partial charge is 0.325 e. The fraction of sp³-hybridized carbons (Fsp3) is 0.429. The van der Waals surface area contributed by atoms with Crippen LogP contribution in [0.1, 0.15) is 16.7 Å². The number of ether oxygens (including phenoxy) is 1. The van der Waals surface area contributed by atoms with Crippen LogP contribution in [-0.2, 0) is 9.53 Å². The first kappa shape index (κ1) is 11.9. The molecule has 0 bridgehead atoms. The van der Waals surface area contributed by atoms with Gasteiger partial charge in [-0.3, -0.25) is 9.59 Å². The summed E-state index contributed by atoms with van der Waals surface area (Å²) in [5.41, 5.74) is 0. The van der Waals surface area contributed by atoms with Gasteiger partial charge in [0.05, 0.1) is 6.61 Å². The Labute approximate surface area is 94.6 Å². The molecule has 1 aromatic rings. The average Bonchev–Trinajstić information content (AvgIpc) is 2.62. The van der Waals surface area contributed by atoms with E-state index in [2.05, 4.69) is 20.3 Å². The van der Waals surface area contributed by atoms with Gasteiger partial charge in [0.2, 0.25) is 9.47 Å². The van der Waals surface area contributed by atoms with Crippen LogP contribution in [0.3, 0.4) is 0 Å². The van der Waals surface area contributed by atoms with Gasteiger partial charge in [-0.1, -0.05) is 11.3 Å². The summed E-state index contributed by atoms with van der Waals surface area (Å²) in [4.78, 5) is 22.2. The van der Waals surface area contributed by atoms with Crippen LogP contribution in [0, 0.1) is 0 Å². The number of nitrogens with zero attached hydrogens (tertiary/aromatic N) is 2. The molecule has 0 fully saturated rings. The zero-order chi connectivity index (χ0) is 11.3. The van der Waals surface area contributed by atoms with Crippen molar-refractivity contribution in [3.05, 3.63) is 9.47 Å². The number of hydrogen-bond acceptors (Lipinski definition) is 6. The molecule has 0 atom stereocenters. The Bertz CT molecular complexity index is 368. The van der Waals surface area contributed by atoms with Crippen molar-refractivity contribution in [3.63, 3.8) is 0 Å². The van der Waals surface area contributed by atoms with Gasteiger partial charge in [0.25, 0.3) is 5.91 Å². The third-order valence-corrected chi connectivity index (χ3v) is 2.31. The summed E-state index contributed by atoms with van der Waals surface area (Å²) in [6.45, 7) is 1.77. The van der Waals surface area contributed by atoms with Crippen LogP contribution in [0.4, 0.5) is 0 Å². The summed E-state index contributed by atoms with van der Waals surface area (Å²) in [5.74, 6) is -0.992. The van der Waals surface area contributed by atoms with Gasteiger partial charge >= 0.3 is 5.97 Å². The number of rotatable bonds is 4. The molecule has 0 aromatic carbocycles. The number of esters is 1. The average molecular weight is 250 g/mol. The van der Waals surface area contributed by atoms with Crippen molar-refractivity contribution in [2.24, 2.45) is 0 Å². The zero-order valence-electron chi connectivity index (χ0n) is 7.82. The molecule has 0 saturated carbocycles. The second kappa shape index (κ2) is 5.62. The molecule has 0 aliphatic heterocycles. The van der Waals surface area contributed by atoms with Crippen LogP contribution in [0.25, 0.3) is 0 Å². The molecule has 1 heterocycles. The third kappa shape index (κ3) is 3.80. The quantitative estimate of drug-likeness (QED) is 0.785. The van der Waals surface area contributed by atoms with Gasteiger partial charge in [-0.2, -0.15) is 0 Å². The van der Waals surface area contributed by atoms with Crippen LogP contribution in [0.2, 0.25) is 4.47 Å². The highest BCUT2D eigenvalue weighted by atomic mass is 35.5. The summed E-state index contributed by atoms with van der Waals surface area (Å²) >= 11 is 6.43. The second-order valence-electron chi connectivity index (χ2n) is 2.35. The Hall–Kier alpha value is -1.21. The Kier molecular flexibility index (Phi) is 4.44. The van der Waals surface area contributed by atoms with Crippen molar-refractivity contribution >= 4 is 34.8 Å². The first-order valence-electron chi connectivity index (χ1n) is 4.06.